The van der Waals surface area contributed by atoms with Crippen molar-refractivity contribution in [3.05, 3.63) is 72.3 Å². The van der Waals surface area contributed by atoms with Gasteiger partial charge < -0.3 is 0 Å². The lowest BCUT2D eigenvalue weighted by molar-refractivity contribution is 0.648. The fourth-order valence-corrected chi connectivity index (χ4v) is 2.87. The summed E-state index contributed by atoms with van der Waals surface area (Å²) in [6.45, 7) is 4.56. The van der Waals surface area contributed by atoms with Crippen molar-refractivity contribution in [2.75, 3.05) is 0 Å². The Labute approximate surface area is 121 Å². The maximum atomic E-state index is 2.30. The van der Waals surface area contributed by atoms with Crippen molar-refractivity contribution in [1.29, 1.82) is 0 Å². The average Bonchev–Trinajstić information content (AvgIpc) is 2.47. The average molecular weight is 260 g/mol. The predicted octanol–water partition coefficient (Wildman–Crippen LogP) is 5.71. The summed E-state index contributed by atoms with van der Waals surface area (Å²) < 4.78 is 0. The monoisotopic (exact) mass is 260 g/mol. The van der Waals surface area contributed by atoms with Gasteiger partial charge in [0.15, 0.2) is 0 Å². The maximum Gasteiger partial charge on any atom is -0.00732 e. The first-order valence-electron chi connectivity index (χ1n) is 7.32. The molecule has 0 saturated heterocycles. The van der Waals surface area contributed by atoms with Gasteiger partial charge in [-0.05, 0) is 39.8 Å². The molecule has 0 aromatic heterocycles. The zero-order chi connectivity index (χ0) is 13.9. The van der Waals surface area contributed by atoms with Crippen LogP contribution in [0.2, 0.25) is 0 Å². The van der Waals surface area contributed by atoms with Crippen LogP contribution in [0.1, 0.15) is 19.4 Å². The smallest absolute Gasteiger partial charge is 0.00732 e. The number of rotatable bonds is 3. The first kappa shape index (κ1) is 12.9. The van der Waals surface area contributed by atoms with Crippen molar-refractivity contribution in [2.45, 2.75) is 20.3 Å². The molecule has 3 aromatic carbocycles. The lowest BCUT2D eigenvalue weighted by Gasteiger charge is -2.15. The van der Waals surface area contributed by atoms with E-state index in [1.54, 1.807) is 0 Å². The zero-order valence-electron chi connectivity index (χ0n) is 12.1. The number of hydrogen-bond donors (Lipinski definition) is 0. The second kappa shape index (κ2) is 5.50. The highest BCUT2D eigenvalue weighted by atomic mass is 14.1. The molecule has 0 radical (unpaired) electrons. The van der Waals surface area contributed by atoms with E-state index in [2.05, 4.69) is 80.6 Å². The molecule has 0 bridgehead atoms. The van der Waals surface area contributed by atoms with Crippen molar-refractivity contribution in [2.24, 2.45) is 5.92 Å². The van der Waals surface area contributed by atoms with Gasteiger partial charge in [0.25, 0.3) is 0 Å². The molecular formula is C20H20. The van der Waals surface area contributed by atoms with E-state index in [-0.39, 0.29) is 0 Å². The van der Waals surface area contributed by atoms with Crippen molar-refractivity contribution in [1.82, 2.24) is 0 Å². The quantitative estimate of drug-likeness (QED) is 0.566. The summed E-state index contributed by atoms with van der Waals surface area (Å²) in [5.74, 6) is 0.665. The molecule has 0 atom stereocenters. The molecule has 0 heteroatoms. The molecule has 0 fully saturated rings. The Morgan fingerprint density at radius 1 is 0.750 bits per heavy atom. The van der Waals surface area contributed by atoms with Crippen molar-refractivity contribution in [3.63, 3.8) is 0 Å². The summed E-state index contributed by atoms with van der Waals surface area (Å²) in [6.07, 6.45) is 1.12. The fraction of sp³-hybridized carbons (Fsp3) is 0.200. The van der Waals surface area contributed by atoms with Crippen LogP contribution in [0.25, 0.3) is 21.9 Å². The van der Waals surface area contributed by atoms with Crippen LogP contribution in [0.4, 0.5) is 0 Å². The third kappa shape index (κ3) is 2.46. The first-order chi connectivity index (χ1) is 9.75. The number of hydrogen-bond acceptors (Lipinski definition) is 0. The number of benzene rings is 3. The summed E-state index contributed by atoms with van der Waals surface area (Å²) in [7, 11) is 0. The van der Waals surface area contributed by atoms with Gasteiger partial charge in [0.05, 0.1) is 0 Å². The molecule has 0 saturated carbocycles. The van der Waals surface area contributed by atoms with Gasteiger partial charge in [0, 0.05) is 0 Å². The molecule has 0 unspecified atom stereocenters. The summed E-state index contributed by atoms with van der Waals surface area (Å²) in [5.41, 5.74) is 4.17. The minimum atomic E-state index is 0.665. The van der Waals surface area contributed by atoms with Gasteiger partial charge in [-0.2, -0.15) is 0 Å². The SMILES string of the molecule is CC(C)Cc1ccc2ccccc2c1-c1ccccc1. The molecule has 0 aliphatic rings. The summed E-state index contributed by atoms with van der Waals surface area (Å²) in [4.78, 5) is 0. The third-order valence-corrected chi connectivity index (χ3v) is 3.71. The first-order valence-corrected chi connectivity index (χ1v) is 7.32. The topological polar surface area (TPSA) is 0 Å². The highest BCUT2D eigenvalue weighted by Gasteiger charge is 2.10. The molecule has 0 N–H and O–H groups in total. The van der Waals surface area contributed by atoms with E-state index in [1.165, 1.54) is 27.5 Å². The predicted molar refractivity (Wildman–Crippen MR) is 87.9 cm³/mol. The van der Waals surface area contributed by atoms with Crippen LogP contribution in [-0.4, -0.2) is 0 Å². The third-order valence-electron chi connectivity index (χ3n) is 3.71. The van der Waals surface area contributed by atoms with Crippen LogP contribution < -0.4 is 0 Å². The van der Waals surface area contributed by atoms with Gasteiger partial charge >= 0.3 is 0 Å². The van der Waals surface area contributed by atoms with Crippen molar-refractivity contribution >= 4 is 10.8 Å². The van der Waals surface area contributed by atoms with Gasteiger partial charge in [0.2, 0.25) is 0 Å². The van der Waals surface area contributed by atoms with Crippen molar-refractivity contribution < 1.29 is 0 Å². The highest BCUT2D eigenvalue weighted by Crippen LogP contribution is 2.33. The largest absolute Gasteiger partial charge is 0.0625 e. The van der Waals surface area contributed by atoms with Gasteiger partial charge in [-0.25, -0.2) is 0 Å². The molecular weight excluding hydrogens is 240 g/mol. The number of fused-ring (bicyclic) bond motifs is 1. The van der Waals surface area contributed by atoms with E-state index in [0.717, 1.165) is 6.42 Å². The Hall–Kier alpha value is -2.08. The molecule has 3 aromatic rings. The fourth-order valence-electron chi connectivity index (χ4n) is 2.87. The van der Waals surface area contributed by atoms with Crippen molar-refractivity contribution in [3.8, 4) is 11.1 Å². The van der Waals surface area contributed by atoms with E-state index in [1.807, 2.05) is 0 Å². The molecule has 0 spiro atoms. The van der Waals surface area contributed by atoms with E-state index in [9.17, 15) is 0 Å². The van der Waals surface area contributed by atoms with Crippen LogP contribution in [0.5, 0.6) is 0 Å². The van der Waals surface area contributed by atoms with Crippen LogP contribution in [0, 0.1) is 5.92 Å². The molecule has 20 heavy (non-hydrogen) atoms. The van der Waals surface area contributed by atoms with Gasteiger partial charge in [-0.1, -0.05) is 80.6 Å². The zero-order valence-corrected chi connectivity index (χ0v) is 12.1. The van der Waals surface area contributed by atoms with Gasteiger partial charge in [-0.15, -0.1) is 0 Å². The summed E-state index contributed by atoms with van der Waals surface area (Å²) >= 11 is 0. The minimum Gasteiger partial charge on any atom is -0.0625 e. The molecule has 0 heterocycles. The molecule has 3 rings (SSSR count). The van der Waals surface area contributed by atoms with Crippen LogP contribution >= 0.6 is 0 Å². The lowest BCUT2D eigenvalue weighted by atomic mass is 9.89. The molecule has 0 nitrogen and oxygen atoms in total. The van der Waals surface area contributed by atoms with E-state index < -0.39 is 0 Å². The summed E-state index contributed by atoms with van der Waals surface area (Å²) in [5, 5.41) is 2.68. The Kier molecular flexibility index (Phi) is 3.56. The Bertz CT molecular complexity index is 708. The Morgan fingerprint density at radius 2 is 1.45 bits per heavy atom. The minimum absolute atomic E-state index is 0.665. The summed E-state index contributed by atoms with van der Waals surface area (Å²) in [6, 6.07) is 24.0. The molecule has 0 amide bonds. The molecule has 0 aliphatic carbocycles. The van der Waals surface area contributed by atoms with Crippen LogP contribution in [0.3, 0.4) is 0 Å². The van der Waals surface area contributed by atoms with Crippen LogP contribution in [0.15, 0.2) is 66.7 Å². The van der Waals surface area contributed by atoms with Gasteiger partial charge in [-0.3, -0.25) is 0 Å². The molecule has 100 valence electrons. The van der Waals surface area contributed by atoms with E-state index in [0.29, 0.717) is 5.92 Å². The second-order valence-corrected chi connectivity index (χ2v) is 5.78. The standard InChI is InChI=1S/C20H20/c1-15(2)14-18-13-12-16-8-6-7-11-19(16)20(18)17-9-4-3-5-10-17/h3-13,15H,14H2,1-2H3. The maximum absolute atomic E-state index is 2.30. The highest BCUT2D eigenvalue weighted by molar-refractivity contribution is 5.98. The Morgan fingerprint density at radius 3 is 2.20 bits per heavy atom. The lowest BCUT2D eigenvalue weighted by Crippen LogP contribution is -1.97. The Balaban J connectivity index is 2.29. The normalized spacial score (nSPS) is 11.2. The van der Waals surface area contributed by atoms with E-state index in [4.69, 9.17) is 0 Å². The van der Waals surface area contributed by atoms with Crippen LogP contribution in [-0.2, 0) is 6.42 Å². The second-order valence-electron chi connectivity index (χ2n) is 5.78. The molecule has 0 aliphatic heterocycles. The van der Waals surface area contributed by atoms with E-state index >= 15 is 0 Å². The van der Waals surface area contributed by atoms with Gasteiger partial charge in [0.1, 0.15) is 0 Å².